The molecule has 0 radical (unpaired) electrons. The molecule has 2 heterocycles. The van der Waals surface area contributed by atoms with Crippen molar-refractivity contribution < 1.29 is 14.3 Å². The number of morpholine rings is 1. The Kier molecular flexibility index (Phi) is 8.02. The third kappa shape index (κ3) is 5.83. The maximum Gasteiger partial charge on any atom is 0.274 e. The second kappa shape index (κ2) is 10.9. The lowest BCUT2D eigenvalue weighted by Crippen LogP contribution is -2.38. The van der Waals surface area contributed by atoms with Gasteiger partial charge in [0.15, 0.2) is 0 Å². The van der Waals surface area contributed by atoms with E-state index in [0.29, 0.717) is 62.6 Å². The van der Waals surface area contributed by atoms with Gasteiger partial charge in [0.2, 0.25) is 5.95 Å². The standard InChI is InChI=1S/C22H32N6O3/c1-5-16-6-7-17(14-18(16)23-2)24-21(29)19-15-20(27(3)8-11-30-4)26-22(25-19)28-9-12-31-13-10-28/h6-7,14-15,23H,5,8-13H2,1-4H3,(H,24,29). The van der Waals surface area contributed by atoms with Crippen LogP contribution in [0.3, 0.4) is 0 Å². The number of nitrogens with one attached hydrogen (secondary N) is 2. The van der Waals surface area contributed by atoms with Gasteiger partial charge in [-0.25, -0.2) is 4.98 Å². The van der Waals surface area contributed by atoms with Gasteiger partial charge >= 0.3 is 0 Å². The summed E-state index contributed by atoms with van der Waals surface area (Å²) >= 11 is 0. The van der Waals surface area contributed by atoms with E-state index in [1.807, 2.05) is 42.1 Å². The molecule has 0 spiro atoms. The molecule has 1 amide bonds. The molecule has 1 aliphatic rings. The van der Waals surface area contributed by atoms with Crippen LogP contribution in [0.2, 0.25) is 0 Å². The molecule has 31 heavy (non-hydrogen) atoms. The minimum absolute atomic E-state index is 0.274. The van der Waals surface area contributed by atoms with Gasteiger partial charge in [0.1, 0.15) is 11.5 Å². The van der Waals surface area contributed by atoms with Crippen molar-refractivity contribution in [2.24, 2.45) is 0 Å². The molecule has 2 aromatic rings. The van der Waals surface area contributed by atoms with Crippen molar-refractivity contribution in [3.63, 3.8) is 0 Å². The summed E-state index contributed by atoms with van der Waals surface area (Å²) in [5.74, 6) is 0.938. The number of anilines is 4. The average Bonchev–Trinajstić information content (AvgIpc) is 2.82. The van der Waals surface area contributed by atoms with Crippen LogP contribution < -0.4 is 20.4 Å². The molecular formula is C22H32N6O3. The van der Waals surface area contributed by atoms with Crippen molar-refractivity contribution in [1.29, 1.82) is 0 Å². The smallest absolute Gasteiger partial charge is 0.274 e. The monoisotopic (exact) mass is 428 g/mol. The van der Waals surface area contributed by atoms with Gasteiger partial charge in [0, 0.05) is 58.3 Å². The Hall–Kier alpha value is -2.91. The van der Waals surface area contributed by atoms with Gasteiger partial charge in [-0.2, -0.15) is 4.98 Å². The van der Waals surface area contributed by atoms with E-state index in [1.165, 1.54) is 5.56 Å². The van der Waals surface area contributed by atoms with E-state index < -0.39 is 0 Å². The first-order chi connectivity index (χ1) is 15.0. The number of carbonyl (C=O) groups excluding carboxylic acids is 1. The predicted octanol–water partition coefficient (Wildman–Crippen LogP) is 2.25. The average molecular weight is 429 g/mol. The van der Waals surface area contributed by atoms with E-state index in [9.17, 15) is 4.79 Å². The summed E-state index contributed by atoms with van der Waals surface area (Å²) in [5, 5.41) is 6.15. The first-order valence-electron chi connectivity index (χ1n) is 10.6. The van der Waals surface area contributed by atoms with Crippen LogP contribution in [-0.2, 0) is 15.9 Å². The van der Waals surface area contributed by atoms with Gasteiger partial charge < -0.3 is 29.9 Å². The molecule has 1 saturated heterocycles. The Morgan fingerprint density at radius 3 is 2.71 bits per heavy atom. The molecule has 1 aliphatic heterocycles. The zero-order valence-corrected chi connectivity index (χ0v) is 18.8. The summed E-state index contributed by atoms with van der Waals surface area (Å²) in [6.07, 6.45) is 0.913. The SMILES string of the molecule is CCc1ccc(NC(=O)c2cc(N(C)CCOC)nc(N3CCOCC3)n2)cc1NC. The Bertz CT molecular complexity index is 886. The number of amides is 1. The first kappa shape index (κ1) is 22.8. The van der Waals surface area contributed by atoms with Crippen LogP contribution in [0.5, 0.6) is 0 Å². The second-order valence-corrected chi connectivity index (χ2v) is 7.35. The van der Waals surface area contributed by atoms with Crippen molar-refractivity contribution in [2.75, 3.05) is 81.1 Å². The summed E-state index contributed by atoms with van der Waals surface area (Å²) in [6.45, 7) is 5.93. The van der Waals surface area contributed by atoms with Gasteiger partial charge in [-0.3, -0.25) is 4.79 Å². The number of aromatic nitrogens is 2. The van der Waals surface area contributed by atoms with E-state index in [4.69, 9.17) is 9.47 Å². The Labute approximate surface area is 183 Å². The molecule has 0 saturated carbocycles. The van der Waals surface area contributed by atoms with E-state index in [2.05, 4.69) is 27.5 Å². The van der Waals surface area contributed by atoms with Crippen LogP contribution in [0.4, 0.5) is 23.1 Å². The van der Waals surface area contributed by atoms with Crippen LogP contribution >= 0.6 is 0 Å². The molecule has 2 N–H and O–H groups in total. The molecule has 9 nitrogen and oxygen atoms in total. The summed E-state index contributed by atoms with van der Waals surface area (Å²) in [7, 11) is 5.46. The highest BCUT2D eigenvalue weighted by Gasteiger charge is 2.20. The first-order valence-corrected chi connectivity index (χ1v) is 10.6. The highest BCUT2D eigenvalue weighted by Crippen LogP contribution is 2.23. The Balaban J connectivity index is 1.87. The van der Waals surface area contributed by atoms with Crippen molar-refractivity contribution in [3.05, 3.63) is 35.5 Å². The summed E-state index contributed by atoms with van der Waals surface area (Å²) in [6, 6.07) is 7.58. The molecule has 1 aromatic heterocycles. The Morgan fingerprint density at radius 2 is 2.03 bits per heavy atom. The summed E-state index contributed by atoms with van der Waals surface area (Å²) in [5.41, 5.74) is 3.23. The molecule has 168 valence electrons. The minimum Gasteiger partial charge on any atom is -0.388 e. The zero-order chi connectivity index (χ0) is 22.2. The largest absolute Gasteiger partial charge is 0.388 e. The number of hydrogen-bond donors (Lipinski definition) is 2. The molecule has 0 atom stereocenters. The summed E-state index contributed by atoms with van der Waals surface area (Å²) < 4.78 is 10.6. The number of ether oxygens (including phenoxy) is 2. The highest BCUT2D eigenvalue weighted by atomic mass is 16.5. The predicted molar refractivity (Wildman–Crippen MR) is 124 cm³/mol. The van der Waals surface area contributed by atoms with E-state index >= 15 is 0 Å². The molecule has 1 aromatic carbocycles. The number of rotatable bonds is 9. The number of likely N-dealkylation sites (N-methyl/N-ethyl adjacent to an activating group) is 1. The van der Waals surface area contributed by atoms with Crippen molar-refractivity contribution >= 4 is 29.0 Å². The normalized spacial score (nSPS) is 13.7. The zero-order valence-electron chi connectivity index (χ0n) is 18.8. The van der Waals surface area contributed by atoms with Crippen LogP contribution in [0.1, 0.15) is 23.0 Å². The highest BCUT2D eigenvalue weighted by molar-refractivity contribution is 6.03. The van der Waals surface area contributed by atoms with Gasteiger partial charge in [0.05, 0.1) is 19.8 Å². The number of methoxy groups -OCH3 is 1. The number of carbonyl (C=O) groups is 1. The summed E-state index contributed by atoms with van der Waals surface area (Å²) in [4.78, 5) is 26.3. The maximum atomic E-state index is 13.1. The Morgan fingerprint density at radius 1 is 1.26 bits per heavy atom. The van der Waals surface area contributed by atoms with Gasteiger partial charge in [-0.15, -0.1) is 0 Å². The lowest BCUT2D eigenvalue weighted by Gasteiger charge is -2.28. The fraction of sp³-hybridized carbons (Fsp3) is 0.500. The molecule has 0 unspecified atom stereocenters. The van der Waals surface area contributed by atoms with Crippen molar-refractivity contribution in [2.45, 2.75) is 13.3 Å². The fourth-order valence-electron chi connectivity index (χ4n) is 3.37. The van der Waals surface area contributed by atoms with Crippen LogP contribution in [-0.4, -0.2) is 76.5 Å². The topological polar surface area (TPSA) is 91.9 Å². The number of nitrogens with zero attached hydrogens (tertiary/aromatic N) is 4. The third-order valence-electron chi connectivity index (χ3n) is 5.27. The number of benzene rings is 1. The van der Waals surface area contributed by atoms with Gasteiger partial charge in [0.25, 0.3) is 5.91 Å². The quantitative estimate of drug-likeness (QED) is 0.628. The van der Waals surface area contributed by atoms with Gasteiger partial charge in [-0.1, -0.05) is 13.0 Å². The fourth-order valence-corrected chi connectivity index (χ4v) is 3.37. The van der Waals surface area contributed by atoms with Crippen LogP contribution in [0, 0.1) is 0 Å². The van der Waals surface area contributed by atoms with Crippen LogP contribution in [0.15, 0.2) is 24.3 Å². The lowest BCUT2D eigenvalue weighted by molar-refractivity contribution is 0.102. The number of aryl methyl sites for hydroxylation is 1. The second-order valence-electron chi connectivity index (χ2n) is 7.35. The van der Waals surface area contributed by atoms with Crippen LogP contribution in [0.25, 0.3) is 0 Å². The van der Waals surface area contributed by atoms with Crippen molar-refractivity contribution in [3.8, 4) is 0 Å². The third-order valence-corrected chi connectivity index (χ3v) is 5.27. The lowest BCUT2D eigenvalue weighted by atomic mass is 10.1. The minimum atomic E-state index is -0.274. The maximum absolute atomic E-state index is 13.1. The molecule has 9 heteroatoms. The molecule has 0 bridgehead atoms. The molecule has 3 rings (SSSR count). The van der Waals surface area contributed by atoms with E-state index in [-0.39, 0.29) is 5.91 Å². The van der Waals surface area contributed by atoms with Crippen molar-refractivity contribution in [1.82, 2.24) is 9.97 Å². The molecular weight excluding hydrogens is 396 g/mol. The molecule has 0 aliphatic carbocycles. The van der Waals surface area contributed by atoms with Gasteiger partial charge in [-0.05, 0) is 24.1 Å². The molecule has 1 fully saturated rings. The van der Waals surface area contributed by atoms with E-state index in [1.54, 1.807) is 13.2 Å². The van der Waals surface area contributed by atoms with E-state index in [0.717, 1.165) is 12.1 Å². The number of hydrogen-bond acceptors (Lipinski definition) is 8.